The number of hydrogen-bond acceptors (Lipinski definition) is 1. The maximum Gasteiger partial charge on any atom is 0.133 e. The molecule has 1 fully saturated rings. The average molecular weight is 492 g/mol. The molecule has 0 bridgehead atoms. The number of allylic oxidation sites excluding steroid dienone is 1. The molecule has 0 atom stereocenters. The van der Waals surface area contributed by atoms with Gasteiger partial charge in [-0.2, -0.15) is 0 Å². The van der Waals surface area contributed by atoms with E-state index in [9.17, 15) is 8.78 Å². The lowest BCUT2D eigenvalue weighted by Crippen LogP contribution is -2.40. The molecular weight excluding hydrogens is 462 g/mol. The summed E-state index contributed by atoms with van der Waals surface area (Å²) in [6.45, 7) is 3.36. The van der Waals surface area contributed by atoms with E-state index in [4.69, 9.17) is 0 Å². The highest BCUT2D eigenvalue weighted by Crippen LogP contribution is 2.41. The van der Waals surface area contributed by atoms with Crippen molar-refractivity contribution >= 4 is 17.2 Å². The summed E-state index contributed by atoms with van der Waals surface area (Å²) in [6.07, 6.45) is 4.52. The van der Waals surface area contributed by atoms with Crippen LogP contribution in [0, 0.1) is 24.4 Å². The lowest BCUT2D eigenvalue weighted by Gasteiger charge is -2.33. The van der Waals surface area contributed by atoms with Gasteiger partial charge in [0.15, 0.2) is 0 Å². The Morgan fingerprint density at radius 3 is 2.36 bits per heavy atom. The van der Waals surface area contributed by atoms with E-state index in [1.165, 1.54) is 24.3 Å². The minimum atomic E-state index is -0.607. The number of fused-ring (bicyclic) bond motifs is 1. The fraction of sp³-hybridized carbons (Fsp3) is 0.290. The maximum absolute atomic E-state index is 15.4. The summed E-state index contributed by atoms with van der Waals surface area (Å²) >= 11 is 0. The van der Waals surface area contributed by atoms with E-state index in [1.807, 2.05) is 25.1 Å². The Bertz CT molecular complexity index is 1320. The predicted molar refractivity (Wildman–Crippen MR) is 138 cm³/mol. The van der Waals surface area contributed by atoms with Crippen LogP contribution in [0.1, 0.15) is 52.6 Å². The number of aryl methyl sites for hydroxylation is 2. The Kier molecular flexibility index (Phi) is 7.10. The predicted octanol–water partition coefficient (Wildman–Crippen LogP) is 7.77. The van der Waals surface area contributed by atoms with Gasteiger partial charge in [0.1, 0.15) is 17.5 Å². The van der Waals surface area contributed by atoms with Crippen LogP contribution in [0.3, 0.4) is 0 Å². The van der Waals surface area contributed by atoms with Crippen LogP contribution in [0.25, 0.3) is 17.2 Å². The van der Waals surface area contributed by atoms with Crippen LogP contribution >= 0.6 is 0 Å². The van der Waals surface area contributed by atoms with Gasteiger partial charge < -0.3 is 0 Å². The van der Waals surface area contributed by atoms with Gasteiger partial charge >= 0.3 is 0 Å². The summed E-state index contributed by atoms with van der Waals surface area (Å²) < 4.78 is 57.1. The van der Waals surface area contributed by atoms with E-state index < -0.39 is 11.6 Å². The normalized spacial score (nSPS) is 16.0. The highest BCUT2D eigenvalue weighted by Gasteiger charge is 2.24. The van der Waals surface area contributed by atoms with Gasteiger partial charge in [0.25, 0.3) is 0 Å². The standard InChI is InChI=1S/C31H29F4N/c1-20-14-24(33)10-11-25(20)27-9-4-7-22-6-2-3-8-26(22)31(27)23-16-29(34)28(30(35)17-23)15-21-18-36(19-21)13-5-12-32/h2-3,6,8,10-11,14-17H,4-5,7,9,12-13,18-19H2,1H3. The van der Waals surface area contributed by atoms with Crippen molar-refractivity contribution < 1.29 is 17.6 Å². The van der Waals surface area contributed by atoms with Gasteiger partial charge in [-0.3, -0.25) is 9.29 Å². The molecule has 36 heavy (non-hydrogen) atoms. The Labute approximate surface area is 209 Å². The Morgan fingerprint density at radius 1 is 0.889 bits per heavy atom. The zero-order valence-electron chi connectivity index (χ0n) is 20.4. The van der Waals surface area contributed by atoms with Crippen molar-refractivity contribution in [1.29, 1.82) is 0 Å². The monoisotopic (exact) mass is 491 g/mol. The van der Waals surface area contributed by atoms with Crippen molar-refractivity contribution in [2.75, 3.05) is 26.3 Å². The van der Waals surface area contributed by atoms with E-state index in [0.717, 1.165) is 58.2 Å². The third-order valence-corrected chi connectivity index (χ3v) is 7.15. The first-order valence-corrected chi connectivity index (χ1v) is 12.5. The quantitative estimate of drug-likeness (QED) is 0.319. The van der Waals surface area contributed by atoms with Gasteiger partial charge in [0.2, 0.25) is 0 Å². The molecule has 5 heteroatoms. The molecule has 0 amide bonds. The third kappa shape index (κ3) is 4.90. The van der Waals surface area contributed by atoms with E-state index in [2.05, 4.69) is 11.0 Å². The zero-order chi connectivity index (χ0) is 25.2. The summed E-state index contributed by atoms with van der Waals surface area (Å²) in [6, 6.07) is 15.5. The van der Waals surface area contributed by atoms with Crippen LogP contribution in [0.2, 0.25) is 0 Å². The number of rotatable bonds is 6. The zero-order valence-corrected chi connectivity index (χ0v) is 20.4. The van der Waals surface area contributed by atoms with Crippen molar-refractivity contribution in [2.24, 2.45) is 0 Å². The van der Waals surface area contributed by atoms with E-state index in [-0.39, 0.29) is 18.1 Å². The van der Waals surface area contributed by atoms with Gasteiger partial charge in [-0.15, -0.1) is 0 Å². The summed E-state index contributed by atoms with van der Waals surface area (Å²) in [7, 11) is 0. The summed E-state index contributed by atoms with van der Waals surface area (Å²) in [5.74, 6) is -1.52. The third-order valence-electron chi connectivity index (χ3n) is 7.15. The van der Waals surface area contributed by atoms with Crippen molar-refractivity contribution in [2.45, 2.75) is 32.6 Å². The number of likely N-dealkylation sites (tertiary alicyclic amines) is 1. The largest absolute Gasteiger partial charge is 0.295 e. The molecule has 0 unspecified atom stereocenters. The molecule has 5 rings (SSSR count). The van der Waals surface area contributed by atoms with Crippen molar-refractivity contribution in [3.05, 3.63) is 111 Å². The Morgan fingerprint density at radius 2 is 1.64 bits per heavy atom. The molecule has 1 nitrogen and oxygen atoms in total. The maximum atomic E-state index is 15.4. The van der Waals surface area contributed by atoms with Crippen LogP contribution < -0.4 is 0 Å². The van der Waals surface area contributed by atoms with Crippen LogP contribution in [0.15, 0.2) is 60.2 Å². The first kappa shape index (κ1) is 24.5. The van der Waals surface area contributed by atoms with Gasteiger partial charge in [-0.1, -0.05) is 30.3 Å². The van der Waals surface area contributed by atoms with Crippen molar-refractivity contribution in [3.63, 3.8) is 0 Å². The molecule has 1 saturated heterocycles. The Balaban J connectivity index is 1.60. The van der Waals surface area contributed by atoms with Crippen LogP contribution in [0.5, 0.6) is 0 Å². The number of hydrogen-bond donors (Lipinski definition) is 0. The number of nitrogens with zero attached hydrogens (tertiary/aromatic N) is 1. The average Bonchev–Trinajstić information content (AvgIpc) is 3.01. The van der Waals surface area contributed by atoms with Crippen LogP contribution in [-0.4, -0.2) is 31.2 Å². The number of benzene rings is 3. The minimum Gasteiger partial charge on any atom is -0.295 e. The second-order valence-corrected chi connectivity index (χ2v) is 9.73. The summed E-state index contributed by atoms with van der Waals surface area (Å²) in [4.78, 5) is 2.06. The molecular formula is C31H29F4N. The highest BCUT2D eigenvalue weighted by atomic mass is 19.1. The molecule has 0 saturated carbocycles. The van der Waals surface area contributed by atoms with Gasteiger partial charge in [-0.05, 0) is 107 Å². The molecule has 3 aromatic carbocycles. The van der Waals surface area contributed by atoms with Crippen LogP contribution in [-0.2, 0) is 6.42 Å². The van der Waals surface area contributed by atoms with Crippen molar-refractivity contribution in [3.8, 4) is 0 Å². The molecule has 1 heterocycles. The van der Waals surface area contributed by atoms with Gasteiger partial charge in [-0.25, -0.2) is 13.2 Å². The molecule has 3 aromatic rings. The first-order valence-electron chi connectivity index (χ1n) is 12.5. The summed E-state index contributed by atoms with van der Waals surface area (Å²) in [5.41, 5.74) is 6.95. The highest BCUT2D eigenvalue weighted by molar-refractivity contribution is 6.00. The minimum absolute atomic E-state index is 0.0408. The first-order chi connectivity index (χ1) is 17.4. The smallest absolute Gasteiger partial charge is 0.133 e. The molecule has 1 aliphatic heterocycles. The van der Waals surface area contributed by atoms with Gasteiger partial charge in [0, 0.05) is 25.2 Å². The topological polar surface area (TPSA) is 3.24 Å². The fourth-order valence-electron chi connectivity index (χ4n) is 5.42. The number of alkyl halides is 1. The number of halogens is 4. The van der Waals surface area contributed by atoms with E-state index in [1.54, 1.807) is 12.1 Å². The molecule has 1 aliphatic carbocycles. The molecule has 0 radical (unpaired) electrons. The van der Waals surface area contributed by atoms with Crippen LogP contribution in [0.4, 0.5) is 17.6 Å². The van der Waals surface area contributed by atoms with E-state index >= 15 is 8.78 Å². The Hall–Kier alpha value is -3.18. The molecule has 2 aliphatic rings. The van der Waals surface area contributed by atoms with Gasteiger partial charge in [0.05, 0.1) is 6.67 Å². The second-order valence-electron chi connectivity index (χ2n) is 9.73. The lowest BCUT2D eigenvalue weighted by atomic mass is 9.86. The molecule has 0 N–H and O–H groups in total. The SMILES string of the molecule is Cc1cc(F)ccc1C1=C(c2cc(F)c(C=C3CN(CCCF)C3)c(F)c2)c2ccccc2CCC1. The van der Waals surface area contributed by atoms with E-state index in [0.29, 0.717) is 31.6 Å². The second kappa shape index (κ2) is 10.4. The molecule has 0 spiro atoms. The summed E-state index contributed by atoms with van der Waals surface area (Å²) in [5, 5.41) is 0. The van der Waals surface area contributed by atoms with Crippen molar-refractivity contribution in [1.82, 2.24) is 4.90 Å². The fourth-order valence-corrected chi connectivity index (χ4v) is 5.42. The molecule has 0 aromatic heterocycles. The lowest BCUT2D eigenvalue weighted by molar-refractivity contribution is 0.239. The molecule has 186 valence electrons.